The van der Waals surface area contributed by atoms with E-state index < -0.39 is 24.7 Å². The number of alkyl halides is 3. The van der Waals surface area contributed by atoms with E-state index in [0.29, 0.717) is 29.5 Å². The van der Waals surface area contributed by atoms with Gasteiger partial charge in [0.1, 0.15) is 11.8 Å². The number of nitrogens with zero attached hydrogens (tertiary/aromatic N) is 1. The van der Waals surface area contributed by atoms with Crippen LogP contribution in [0.15, 0.2) is 18.2 Å². The Morgan fingerprint density at radius 2 is 2.08 bits per heavy atom. The van der Waals surface area contributed by atoms with Crippen molar-refractivity contribution in [2.75, 3.05) is 51.7 Å². The molecule has 1 aromatic carbocycles. The van der Waals surface area contributed by atoms with Crippen LogP contribution in [0.1, 0.15) is 0 Å². The van der Waals surface area contributed by atoms with Gasteiger partial charge in [-0.05, 0) is 18.2 Å². The van der Waals surface area contributed by atoms with Crippen LogP contribution in [0.5, 0.6) is 5.75 Å². The summed E-state index contributed by atoms with van der Waals surface area (Å²) in [5.74, 6) is -0.0624. The molecular weight excluding hydrogens is 373 g/mol. The van der Waals surface area contributed by atoms with Gasteiger partial charge < -0.3 is 20.7 Å². The first kappa shape index (κ1) is 20.6. The van der Waals surface area contributed by atoms with Crippen molar-refractivity contribution in [3.8, 4) is 5.75 Å². The topological polar surface area (TPSA) is 65.6 Å². The summed E-state index contributed by atoms with van der Waals surface area (Å²) in [5, 5.41) is 8.63. The molecule has 0 radical (unpaired) electrons. The Balaban J connectivity index is 1.89. The largest absolute Gasteiger partial charge is 0.495 e. The number of nitrogens with one attached hydrogen (secondary N) is 3. The minimum Gasteiger partial charge on any atom is -0.495 e. The highest BCUT2D eigenvalue weighted by molar-refractivity contribution is 6.30. The van der Waals surface area contributed by atoms with Gasteiger partial charge in [0.2, 0.25) is 5.91 Å². The molecule has 0 spiro atoms. The van der Waals surface area contributed by atoms with Gasteiger partial charge in [-0.3, -0.25) is 9.69 Å². The van der Waals surface area contributed by atoms with Gasteiger partial charge in [0, 0.05) is 37.7 Å². The van der Waals surface area contributed by atoms with Crippen molar-refractivity contribution in [1.82, 2.24) is 15.5 Å². The van der Waals surface area contributed by atoms with Crippen LogP contribution < -0.4 is 20.7 Å². The van der Waals surface area contributed by atoms with Crippen molar-refractivity contribution < 1.29 is 22.7 Å². The van der Waals surface area contributed by atoms with Crippen molar-refractivity contribution in [3.05, 3.63) is 23.2 Å². The summed E-state index contributed by atoms with van der Waals surface area (Å²) in [7, 11) is 1.47. The number of hydrogen-bond donors (Lipinski definition) is 3. The van der Waals surface area contributed by atoms with E-state index in [-0.39, 0.29) is 19.6 Å². The lowest BCUT2D eigenvalue weighted by Gasteiger charge is -2.35. The second-order valence-corrected chi connectivity index (χ2v) is 6.28. The maximum Gasteiger partial charge on any atom is 0.405 e. The average Bonchev–Trinajstić information content (AvgIpc) is 2.60. The number of methoxy groups -OCH3 is 1. The van der Waals surface area contributed by atoms with Crippen LogP contribution in [0, 0.1) is 0 Å². The van der Waals surface area contributed by atoms with Gasteiger partial charge in [-0.2, -0.15) is 13.2 Å². The Labute approximate surface area is 155 Å². The minimum absolute atomic E-state index is 0.192. The van der Waals surface area contributed by atoms with Gasteiger partial charge in [-0.15, -0.1) is 0 Å². The minimum atomic E-state index is -4.41. The van der Waals surface area contributed by atoms with E-state index in [4.69, 9.17) is 16.3 Å². The number of ether oxygens (including phenoxy) is 1. The van der Waals surface area contributed by atoms with E-state index >= 15 is 0 Å². The van der Waals surface area contributed by atoms with Gasteiger partial charge in [0.05, 0.1) is 19.3 Å². The normalized spacial score (nSPS) is 16.8. The van der Waals surface area contributed by atoms with E-state index in [2.05, 4.69) is 16.0 Å². The molecule has 0 aromatic heterocycles. The number of piperazine rings is 1. The van der Waals surface area contributed by atoms with Crippen molar-refractivity contribution in [2.45, 2.75) is 12.2 Å². The Kier molecular flexibility index (Phi) is 7.36. The van der Waals surface area contributed by atoms with E-state index in [1.54, 1.807) is 18.2 Å². The Morgan fingerprint density at radius 1 is 1.38 bits per heavy atom. The van der Waals surface area contributed by atoms with E-state index in [1.165, 1.54) is 12.0 Å². The highest BCUT2D eigenvalue weighted by atomic mass is 35.5. The predicted octanol–water partition coefficient (Wildman–Crippen LogP) is 1.71. The molecule has 0 saturated carbocycles. The van der Waals surface area contributed by atoms with Crippen LogP contribution in [-0.2, 0) is 4.79 Å². The maximum absolute atomic E-state index is 13.3. The first-order chi connectivity index (χ1) is 12.3. The van der Waals surface area contributed by atoms with Crippen LogP contribution in [0.25, 0.3) is 0 Å². The lowest BCUT2D eigenvalue weighted by Crippen LogP contribution is -2.57. The number of carbonyl (C=O) groups excluding carboxylic acids is 1. The molecule has 1 saturated heterocycles. The fourth-order valence-electron chi connectivity index (χ4n) is 2.71. The smallest absolute Gasteiger partial charge is 0.405 e. The first-order valence-electron chi connectivity index (χ1n) is 8.17. The van der Waals surface area contributed by atoms with E-state index in [1.807, 2.05) is 0 Å². The predicted molar refractivity (Wildman–Crippen MR) is 93.8 cm³/mol. The number of halogens is 4. The number of benzene rings is 1. The monoisotopic (exact) mass is 394 g/mol. The molecule has 146 valence electrons. The van der Waals surface area contributed by atoms with Crippen LogP contribution in [0.3, 0.4) is 0 Å². The summed E-state index contributed by atoms with van der Waals surface area (Å²) < 4.78 is 45.0. The molecule has 1 heterocycles. The molecule has 2 rings (SSSR count). The van der Waals surface area contributed by atoms with Gasteiger partial charge in [-0.25, -0.2) is 0 Å². The van der Waals surface area contributed by atoms with Crippen LogP contribution in [0.2, 0.25) is 5.02 Å². The second-order valence-electron chi connectivity index (χ2n) is 5.85. The fourth-order valence-corrected chi connectivity index (χ4v) is 2.88. The summed E-state index contributed by atoms with van der Waals surface area (Å²) in [6.07, 6.45) is -4.41. The standard InChI is InChI=1S/C16H22ClF3N4O2/c1-26-13-3-2-11(17)8-12(13)22-10-15(25)23-9-14(16(18,19)20)24-6-4-21-5-7-24/h2-3,8,14,21-22H,4-7,9-10H2,1H3,(H,23,25). The Morgan fingerprint density at radius 3 is 2.69 bits per heavy atom. The number of anilines is 1. The number of amides is 1. The molecule has 0 bridgehead atoms. The third kappa shape index (κ3) is 5.93. The molecule has 0 aliphatic carbocycles. The highest BCUT2D eigenvalue weighted by Crippen LogP contribution is 2.27. The molecule has 1 atom stereocenters. The lowest BCUT2D eigenvalue weighted by atomic mass is 10.2. The molecule has 6 nitrogen and oxygen atoms in total. The average molecular weight is 395 g/mol. The summed E-state index contributed by atoms with van der Waals surface area (Å²) in [5.41, 5.74) is 0.490. The second kappa shape index (κ2) is 9.29. The van der Waals surface area contributed by atoms with Gasteiger partial charge in [-0.1, -0.05) is 11.6 Å². The lowest BCUT2D eigenvalue weighted by molar-refractivity contribution is -0.183. The Bertz CT molecular complexity index is 610. The molecule has 1 aliphatic rings. The third-order valence-corrected chi connectivity index (χ3v) is 4.30. The fraction of sp³-hybridized carbons (Fsp3) is 0.562. The van der Waals surface area contributed by atoms with Crippen molar-refractivity contribution in [1.29, 1.82) is 0 Å². The van der Waals surface area contributed by atoms with Crippen molar-refractivity contribution in [3.63, 3.8) is 0 Å². The summed E-state index contributed by atoms with van der Waals surface area (Å²) in [6, 6.07) is 3.14. The molecule has 1 aromatic rings. The Hall–Kier alpha value is -1.71. The van der Waals surface area contributed by atoms with Gasteiger partial charge in [0.25, 0.3) is 0 Å². The van der Waals surface area contributed by atoms with Crippen LogP contribution in [0.4, 0.5) is 18.9 Å². The maximum atomic E-state index is 13.3. The van der Waals surface area contributed by atoms with E-state index in [0.717, 1.165) is 0 Å². The molecule has 1 aliphatic heterocycles. The first-order valence-corrected chi connectivity index (χ1v) is 8.54. The summed E-state index contributed by atoms with van der Waals surface area (Å²) >= 11 is 5.90. The quantitative estimate of drug-likeness (QED) is 0.657. The highest BCUT2D eigenvalue weighted by Gasteiger charge is 2.43. The van der Waals surface area contributed by atoms with Gasteiger partial charge in [0.15, 0.2) is 0 Å². The molecule has 10 heteroatoms. The summed E-state index contributed by atoms with van der Waals surface area (Å²) in [4.78, 5) is 13.3. The van der Waals surface area contributed by atoms with Crippen molar-refractivity contribution in [2.24, 2.45) is 0 Å². The third-order valence-electron chi connectivity index (χ3n) is 4.06. The molecule has 1 unspecified atom stereocenters. The summed E-state index contributed by atoms with van der Waals surface area (Å²) in [6.45, 7) is 0.892. The van der Waals surface area contributed by atoms with E-state index in [9.17, 15) is 18.0 Å². The zero-order valence-corrected chi connectivity index (χ0v) is 15.1. The molecule has 3 N–H and O–H groups in total. The number of hydrogen-bond acceptors (Lipinski definition) is 5. The molecular formula is C16H22ClF3N4O2. The van der Waals surface area contributed by atoms with Crippen molar-refractivity contribution >= 4 is 23.2 Å². The zero-order chi connectivity index (χ0) is 19.2. The molecule has 1 fully saturated rings. The van der Waals surface area contributed by atoms with Gasteiger partial charge >= 0.3 is 6.18 Å². The van der Waals surface area contributed by atoms with Crippen LogP contribution in [-0.4, -0.2) is 69.4 Å². The SMILES string of the molecule is COc1ccc(Cl)cc1NCC(=O)NCC(N1CCNCC1)C(F)(F)F. The van der Waals surface area contributed by atoms with Crippen LogP contribution >= 0.6 is 11.6 Å². The molecule has 26 heavy (non-hydrogen) atoms. The molecule has 1 amide bonds. The zero-order valence-electron chi connectivity index (χ0n) is 14.3. The number of rotatable bonds is 7. The number of carbonyl (C=O) groups is 1.